The number of aromatic nitrogens is 4. The number of hydrogen-bond donors (Lipinski definition) is 5. The summed E-state index contributed by atoms with van der Waals surface area (Å²) in [5.41, 5.74) is 4.79. The number of nitrogens with one attached hydrogen (secondary N) is 2. The number of aliphatic carboxylic acids is 2. The van der Waals surface area contributed by atoms with Crippen molar-refractivity contribution in [3.8, 4) is 0 Å². The van der Waals surface area contributed by atoms with Crippen molar-refractivity contribution in [3.05, 3.63) is 39.0 Å². The number of aromatic amines is 1. The Morgan fingerprint density at radius 1 is 1.32 bits per heavy atom. The third kappa shape index (κ3) is 5.73. The Kier molecular flexibility index (Phi) is 7.74. The molecule has 2 amide bonds. The van der Waals surface area contributed by atoms with Crippen LogP contribution in [0.25, 0.3) is 0 Å². The summed E-state index contributed by atoms with van der Waals surface area (Å²) >= 11 is 3.34. The summed E-state index contributed by atoms with van der Waals surface area (Å²) in [7, 11) is 0. The molecule has 2 atom stereocenters. The molecule has 2 aliphatic rings. The van der Waals surface area contributed by atoms with E-state index in [1.807, 2.05) is 0 Å². The number of hydrogen-bond acceptors (Lipinski definition) is 14. The number of β-lactam (4-membered cyclic amide) rings is 1. The molecule has 2 aliphatic heterocycles. The van der Waals surface area contributed by atoms with Crippen molar-refractivity contribution in [2.45, 2.75) is 16.4 Å². The number of nitrogen functional groups attached to an aromatic ring is 1. The van der Waals surface area contributed by atoms with E-state index in [0.29, 0.717) is 5.57 Å². The molecule has 4 heterocycles. The van der Waals surface area contributed by atoms with Gasteiger partial charge in [-0.2, -0.15) is 10.1 Å². The van der Waals surface area contributed by atoms with E-state index in [1.54, 1.807) is 0 Å². The maximum absolute atomic E-state index is 12.9. The summed E-state index contributed by atoms with van der Waals surface area (Å²) in [5, 5.41) is 31.4. The van der Waals surface area contributed by atoms with Gasteiger partial charge in [0.15, 0.2) is 10.8 Å². The van der Waals surface area contributed by atoms with Crippen molar-refractivity contribution >= 4 is 69.5 Å². The minimum atomic E-state index is -1.32. The van der Waals surface area contributed by atoms with Crippen LogP contribution in [0.4, 0.5) is 5.13 Å². The molecule has 1 saturated heterocycles. The molecule has 0 bridgehead atoms. The van der Waals surface area contributed by atoms with Crippen LogP contribution in [0.3, 0.4) is 0 Å². The normalized spacial score (nSPS) is 19.2. The molecule has 37 heavy (non-hydrogen) atoms. The second-order valence-corrected chi connectivity index (χ2v) is 10.2. The Labute approximate surface area is 218 Å². The van der Waals surface area contributed by atoms with Gasteiger partial charge in [0, 0.05) is 16.9 Å². The molecule has 6 N–H and O–H groups in total. The van der Waals surface area contributed by atoms with Gasteiger partial charge in [-0.15, -0.1) is 34.9 Å². The number of thioether (sulfide) groups is 2. The third-order valence-corrected chi connectivity index (χ3v) is 7.80. The van der Waals surface area contributed by atoms with Crippen LogP contribution in [0.2, 0.25) is 0 Å². The average molecular weight is 569 g/mol. The van der Waals surface area contributed by atoms with Crippen LogP contribution in [0.1, 0.15) is 5.69 Å². The number of rotatable bonds is 10. The first-order valence-electron chi connectivity index (χ1n) is 10.0. The van der Waals surface area contributed by atoms with Crippen LogP contribution >= 0.6 is 34.9 Å². The molecular formula is C18H16N8O8S3. The highest BCUT2D eigenvalue weighted by Gasteiger charge is 2.54. The van der Waals surface area contributed by atoms with Crippen LogP contribution in [-0.4, -0.2) is 94.3 Å². The lowest BCUT2D eigenvalue weighted by molar-refractivity contribution is -0.150. The highest BCUT2D eigenvalue weighted by molar-refractivity contribution is 8.01. The number of fused-ring (bicyclic) bond motifs is 1. The quantitative estimate of drug-likeness (QED) is 0.0952. The lowest BCUT2D eigenvalue weighted by atomic mass is 10.0. The number of nitrogens with two attached hydrogens (primary N) is 1. The van der Waals surface area contributed by atoms with Gasteiger partial charge in [-0.05, 0) is 5.57 Å². The van der Waals surface area contributed by atoms with Crippen LogP contribution < -0.4 is 16.7 Å². The standard InChI is InChI=1S/C18H16N8O8S3/c19-17-21-7(5-37-17)10(25-34-2-9(27)28)13(29)23-11-14(30)26-12(16(31)32)6(4-36-15(11)26)3-35-8-1-20-24-18(33)22-8/h1,5,11,15H,2-4H2,(H2,19,21)(H,23,29)(H,27,28)(H,31,32)(H,22,24,33)/t11?,15-/m1/s1. The monoisotopic (exact) mass is 568 g/mol. The van der Waals surface area contributed by atoms with E-state index in [-0.39, 0.29) is 33.1 Å². The van der Waals surface area contributed by atoms with Crippen molar-refractivity contribution < 1.29 is 34.2 Å². The number of nitrogens with zero attached hydrogens (tertiary/aromatic N) is 5. The zero-order valence-corrected chi connectivity index (χ0v) is 20.8. The molecule has 0 radical (unpaired) electrons. The molecule has 2 aromatic heterocycles. The van der Waals surface area contributed by atoms with Gasteiger partial charge >= 0.3 is 17.6 Å². The van der Waals surface area contributed by atoms with Crippen LogP contribution in [-0.2, 0) is 24.0 Å². The molecule has 2 aromatic rings. The molecule has 0 saturated carbocycles. The first-order valence-corrected chi connectivity index (χ1v) is 13.0. The molecule has 16 nitrogen and oxygen atoms in total. The van der Waals surface area contributed by atoms with Gasteiger partial charge in [-0.3, -0.25) is 14.5 Å². The van der Waals surface area contributed by atoms with E-state index in [2.05, 4.69) is 35.5 Å². The van der Waals surface area contributed by atoms with E-state index < -0.39 is 53.2 Å². The van der Waals surface area contributed by atoms with Gasteiger partial charge in [-0.25, -0.2) is 24.5 Å². The zero-order valence-electron chi connectivity index (χ0n) is 18.3. The molecule has 0 aromatic carbocycles. The molecular weight excluding hydrogens is 552 g/mol. The minimum Gasteiger partial charge on any atom is -0.479 e. The average Bonchev–Trinajstić information content (AvgIpc) is 3.28. The predicted molar refractivity (Wildman–Crippen MR) is 130 cm³/mol. The second kappa shape index (κ2) is 11.0. The number of anilines is 1. The van der Waals surface area contributed by atoms with E-state index >= 15 is 0 Å². The lowest BCUT2D eigenvalue weighted by Crippen LogP contribution is -2.71. The maximum Gasteiger partial charge on any atom is 0.362 e. The van der Waals surface area contributed by atoms with Crippen molar-refractivity contribution in [3.63, 3.8) is 0 Å². The minimum absolute atomic E-state index is 0.0126. The summed E-state index contributed by atoms with van der Waals surface area (Å²) in [6, 6.07) is -1.08. The van der Waals surface area contributed by atoms with Crippen molar-refractivity contribution in [1.82, 2.24) is 30.4 Å². The van der Waals surface area contributed by atoms with Gasteiger partial charge in [0.05, 0.1) is 6.20 Å². The Balaban J connectivity index is 1.49. The van der Waals surface area contributed by atoms with Gasteiger partial charge in [0.1, 0.15) is 27.8 Å². The Morgan fingerprint density at radius 3 is 2.76 bits per heavy atom. The number of carbonyl (C=O) groups excluding carboxylic acids is 2. The predicted octanol–water partition coefficient (Wildman–Crippen LogP) is -1.46. The summed E-state index contributed by atoms with van der Waals surface area (Å²) in [4.78, 5) is 73.3. The van der Waals surface area contributed by atoms with Crippen molar-refractivity contribution in [2.75, 3.05) is 23.8 Å². The number of carboxylic acids is 2. The second-order valence-electron chi connectivity index (χ2n) is 7.21. The third-order valence-electron chi connectivity index (χ3n) is 4.80. The smallest absolute Gasteiger partial charge is 0.362 e. The van der Waals surface area contributed by atoms with E-state index in [9.17, 15) is 29.1 Å². The molecule has 19 heteroatoms. The topological polar surface area (TPSA) is 243 Å². The first-order chi connectivity index (χ1) is 17.7. The molecule has 194 valence electrons. The number of oxime groups is 1. The van der Waals surface area contributed by atoms with E-state index in [1.165, 1.54) is 23.3 Å². The van der Waals surface area contributed by atoms with Crippen LogP contribution in [0, 0.1) is 0 Å². The van der Waals surface area contributed by atoms with E-state index in [4.69, 9.17) is 10.8 Å². The summed E-state index contributed by atoms with van der Waals surface area (Å²) in [5.74, 6) is -3.81. The van der Waals surface area contributed by atoms with Crippen LogP contribution in [0.15, 0.2) is 37.8 Å². The highest BCUT2D eigenvalue weighted by atomic mass is 32.2. The fourth-order valence-corrected chi connectivity index (χ4v) is 6.14. The Hall–Kier alpha value is -3.97. The fourth-order valence-electron chi connectivity index (χ4n) is 3.28. The Morgan fingerprint density at radius 2 is 2.11 bits per heavy atom. The van der Waals surface area contributed by atoms with Crippen molar-refractivity contribution in [2.24, 2.45) is 5.16 Å². The van der Waals surface area contributed by atoms with E-state index in [0.717, 1.165) is 28.0 Å². The molecule has 1 unspecified atom stereocenters. The lowest BCUT2D eigenvalue weighted by Gasteiger charge is -2.49. The molecule has 4 rings (SSSR count). The zero-order chi connectivity index (χ0) is 26.7. The number of carbonyl (C=O) groups is 4. The summed E-state index contributed by atoms with van der Waals surface area (Å²) in [6.07, 6.45) is 1.32. The van der Waals surface area contributed by atoms with Crippen molar-refractivity contribution in [1.29, 1.82) is 0 Å². The molecule has 0 spiro atoms. The largest absolute Gasteiger partial charge is 0.479 e. The summed E-state index contributed by atoms with van der Waals surface area (Å²) in [6.45, 7) is -0.818. The molecule has 0 aliphatic carbocycles. The number of amides is 2. The van der Waals surface area contributed by atoms with Crippen LogP contribution in [0.5, 0.6) is 0 Å². The summed E-state index contributed by atoms with van der Waals surface area (Å²) < 4.78 is 0. The fraction of sp³-hybridized carbons (Fsp3) is 0.278. The SMILES string of the molecule is Nc1nc(C(=NOCC(=O)O)C(=O)NC2C(=O)N3C(C(=O)O)=C(CSc4cn[nH]c(=O)n4)CS[C@H]23)cs1. The first kappa shape index (κ1) is 26.1. The number of carboxylic acid groups (broad SMARTS) is 2. The van der Waals surface area contributed by atoms with Gasteiger partial charge in [0.2, 0.25) is 6.61 Å². The van der Waals surface area contributed by atoms with Gasteiger partial charge in [0.25, 0.3) is 11.8 Å². The maximum atomic E-state index is 12.9. The Bertz CT molecular complexity index is 1390. The van der Waals surface area contributed by atoms with Gasteiger partial charge in [-0.1, -0.05) is 5.16 Å². The molecule has 1 fully saturated rings. The van der Waals surface area contributed by atoms with Gasteiger partial charge < -0.3 is 26.1 Å². The number of thiazole rings is 1. The highest BCUT2D eigenvalue weighted by Crippen LogP contribution is 2.41. The number of H-pyrrole nitrogens is 1.